The Balaban J connectivity index is 1.24. The Morgan fingerprint density at radius 1 is 1.17 bits per heavy atom. The Bertz CT molecular complexity index is 824. The van der Waals surface area contributed by atoms with Gasteiger partial charge in [-0.2, -0.15) is 0 Å². The van der Waals surface area contributed by atoms with Crippen molar-refractivity contribution in [3.8, 4) is 0 Å². The fourth-order valence-electron chi connectivity index (χ4n) is 4.35. The summed E-state index contributed by atoms with van der Waals surface area (Å²) in [5, 5.41) is 3.26. The summed E-state index contributed by atoms with van der Waals surface area (Å²) in [5.74, 6) is 0.410. The number of aromatic nitrogens is 1. The van der Waals surface area contributed by atoms with Crippen molar-refractivity contribution in [1.82, 2.24) is 14.8 Å². The molecule has 2 aliphatic heterocycles. The first kappa shape index (κ1) is 21.3. The molecule has 30 heavy (non-hydrogen) atoms. The first-order chi connectivity index (χ1) is 14.6. The van der Waals surface area contributed by atoms with E-state index in [0.29, 0.717) is 6.54 Å². The summed E-state index contributed by atoms with van der Waals surface area (Å²) in [6, 6.07) is 8.62. The minimum absolute atomic E-state index is 0.135. The van der Waals surface area contributed by atoms with Crippen molar-refractivity contribution >= 4 is 22.9 Å². The molecule has 1 amide bonds. The lowest BCUT2D eigenvalue weighted by Gasteiger charge is -2.33. The standard InChI is InChI=1S/C23H32N4O2S/c1-18-24-21(17-30-18)16-26-9-7-20(8-10-26)23(28)25(2)15-19-3-5-22(6-4-19)27-11-13-29-14-12-27/h3-6,17,20H,7-16H2,1-2H3. The summed E-state index contributed by atoms with van der Waals surface area (Å²) in [4.78, 5) is 24.2. The second kappa shape index (κ2) is 9.90. The van der Waals surface area contributed by atoms with E-state index in [1.807, 2.05) is 18.9 Å². The molecule has 3 heterocycles. The normalized spacial score (nSPS) is 18.5. The van der Waals surface area contributed by atoms with Gasteiger partial charge >= 0.3 is 0 Å². The molecule has 0 aliphatic carbocycles. The van der Waals surface area contributed by atoms with Crippen LogP contribution in [-0.2, 0) is 22.6 Å². The summed E-state index contributed by atoms with van der Waals surface area (Å²) < 4.78 is 5.43. The van der Waals surface area contributed by atoms with E-state index in [0.717, 1.165) is 69.5 Å². The Hall–Kier alpha value is -1.96. The number of benzene rings is 1. The van der Waals surface area contributed by atoms with E-state index in [2.05, 4.69) is 44.4 Å². The molecule has 0 atom stereocenters. The van der Waals surface area contributed by atoms with Crippen LogP contribution in [0.5, 0.6) is 0 Å². The highest BCUT2D eigenvalue weighted by Gasteiger charge is 2.27. The number of piperidine rings is 1. The smallest absolute Gasteiger partial charge is 0.225 e. The Morgan fingerprint density at radius 2 is 1.87 bits per heavy atom. The zero-order valence-corrected chi connectivity index (χ0v) is 18.9. The van der Waals surface area contributed by atoms with Crippen molar-refractivity contribution in [2.24, 2.45) is 5.92 Å². The van der Waals surface area contributed by atoms with Crippen LogP contribution in [0.4, 0.5) is 5.69 Å². The van der Waals surface area contributed by atoms with Gasteiger partial charge in [-0.15, -0.1) is 11.3 Å². The number of aryl methyl sites for hydroxylation is 1. The maximum absolute atomic E-state index is 13.0. The molecule has 0 spiro atoms. The number of thiazole rings is 1. The summed E-state index contributed by atoms with van der Waals surface area (Å²) in [7, 11) is 1.93. The van der Waals surface area contributed by atoms with E-state index >= 15 is 0 Å². The fourth-order valence-corrected chi connectivity index (χ4v) is 4.95. The third-order valence-electron chi connectivity index (χ3n) is 6.10. The number of hydrogen-bond donors (Lipinski definition) is 0. The van der Waals surface area contributed by atoms with Crippen LogP contribution in [0.2, 0.25) is 0 Å². The van der Waals surface area contributed by atoms with Crippen molar-refractivity contribution < 1.29 is 9.53 Å². The average Bonchev–Trinajstić information content (AvgIpc) is 3.19. The zero-order valence-electron chi connectivity index (χ0n) is 18.0. The average molecular weight is 429 g/mol. The number of carbonyl (C=O) groups excluding carboxylic acids is 1. The van der Waals surface area contributed by atoms with Crippen molar-refractivity contribution in [3.63, 3.8) is 0 Å². The molecule has 1 aromatic heterocycles. The molecule has 2 fully saturated rings. The van der Waals surface area contributed by atoms with Crippen LogP contribution in [0.1, 0.15) is 29.1 Å². The van der Waals surface area contributed by atoms with Crippen LogP contribution in [-0.4, -0.2) is 67.1 Å². The molecule has 7 heteroatoms. The molecule has 0 saturated carbocycles. The van der Waals surface area contributed by atoms with E-state index in [9.17, 15) is 4.79 Å². The van der Waals surface area contributed by atoms with Crippen LogP contribution >= 0.6 is 11.3 Å². The maximum atomic E-state index is 13.0. The quantitative estimate of drug-likeness (QED) is 0.707. The Morgan fingerprint density at radius 3 is 2.50 bits per heavy atom. The van der Waals surface area contributed by atoms with Crippen molar-refractivity contribution in [2.75, 3.05) is 51.3 Å². The maximum Gasteiger partial charge on any atom is 0.225 e. The second-order valence-corrected chi connectivity index (χ2v) is 9.43. The molecular weight excluding hydrogens is 396 g/mol. The number of hydrogen-bond acceptors (Lipinski definition) is 6. The molecule has 0 radical (unpaired) electrons. The monoisotopic (exact) mass is 428 g/mol. The lowest BCUT2D eigenvalue weighted by molar-refractivity contribution is -0.136. The summed E-state index contributed by atoms with van der Waals surface area (Å²) >= 11 is 1.71. The lowest BCUT2D eigenvalue weighted by Crippen LogP contribution is -2.40. The number of nitrogens with zero attached hydrogens (tertiary/aromatic N) is 4. The van der Waals surface area contributed by atoms with E-state index in [1.54, 1.807) is 11.3 Å². The summed E-state index contributed by atoms with van der Waals surface area (Å²) in [5.41, 5.74) is 3.57. The molecular formula is C23H32N4O2S. The third kappa shape index (κ3) is 5.39. The zero-order chi connectivity index (χ0) is 20.9. The van der Waals surface area contributed by atoms with Crippen LogP contribution in [0.15, 0.2) is 29.6 Å². The van der Waals surface area contributed by atoms with Gasteiger partial charge in [-0.1, -0.05) is 12.1 Å². The molecule has 6 nitrogen and oxygen atoms in total. The van der Waals surface area contributed by atoms with Gasteiger partial charge in [0, 0.05) is 50.2 Å². The second-order valence-electron chi connectivity index (χ2n) is 8.37. The van der Waals surface area contributed by atoms with Gasteiger partial charge in [-0.25, -0.2) is 4.98 Å². The molecule has 2 aliphatic rings. The van der Waals surface area contributed by atoms with Crippen LogP contribution in [0.3, 0.4) is 0 Å². The van der Waals surface area contributed by atoms with Gasteiger partial charge in [0.1, 0.15) is 0 Å². The topological polar surface area (TPSA) is 48.9 Å². The number of morpholine rings is 1. The van der Waals surface area contributed by atoms with E-state index < -0.39 is 0 Å². The van der Waals surface area contributed by atoms with E-state index in [1.165, 1.54) is 11.3 Å². The van der Waals surface area contributed by atoms with Crippen molar-refractivity contribution in [2.45, 2.75) is 32.9 Å². The number of rotatable bonds is 6. The molecule has 1 aromatic carbocycles. The SMILES string of the molecule is Cc1nc(CN2CCC(C(=O)N(C)Cc3ccc(N4CCOCC4)cc3)CC2)cs1. The molecule has 2 aromatic rings. The van der Waals surface area contributed by atoms with E-state index in [-0.39, 0.29) is 11.8 Å². The highest BCUT2D eigenvalue weighted by atomic mass is 32.1. The highest BCUT2D eigenvalue weighted by Crippen LogP contribution is 2.23. The number of likely N-dealkylation sites (tertiary alicyclic amines) is 1. The predicted octanol–water partition coefficient (Wildman–Crippen LogP) is 3.16. The number of amides is 1. The minimum Gasteiger partial charge on any atom is -0.378 e. The largest absolute Gasteiger partial charge is 0.378 e. The van der Waals surface area contributed by atoms with E-state index in [4.69, 9.17) is 4.74 Å². The molecule has 162 valence electrons. The first-order valence-corrected chi connectivity index (χ1v) is 11.8. The lowest BCUT2D eigenvalue weighted by atomic mass is 9.95. The summed E-state index contributed by atoms with van der Waals surface area (Å²) in [6.45, 7) is 9.02. The predicted molar refractivity (Wildman–Crippen MR) is 121 cm³/mol. The van der Waals surface area contributed by atoms with Gasteiger partial charge in [0.2, 0.25) is 5.91 Å². The van der Waals surface area contributed by atoms with Gasteiger partial charge in [-0.3, -0.25) is 9.69 Å². The third-order valence-corrected chi connectivity index (χ3v) is 6.92. The fraction of sp³-hybridized carbons (Fsp3) is 0.565. The number of ether oxygens (including phenoxy) is 1. The minimum atomic E-state index is 0.135. The van der Waals surface area contributed by atoms with Gasteiger partial charge in [-0.05, 0) is 50.6 Å². The van der Waals surface area contributed by atoms with Gasteiger partial charge in [0.25, 0.3) is 0 Å². The molecule has 4 rings (SSSR count). The summed E-state index contributed by atoms with van der Waals surface area (Å²) in [6.07, 6.45) is 1.87. The van der Waals surface area contributed by atoms with Crippen LogP contribution < -0.4 is 4.90 Å². The molecule has 2 saturated heterocycles. The van der Waals surface area contributed by atoms with Gasteiger partial charge in [0.15, 0.2) is 0 Å². The van der Waals surface area contributed by atoms with Crippen LogP contribution in [0.25, 0.3) is 0 Å². The van der Waals surface area contributed by atoms with Crippen LogP contribution in [0, 0.1) is 12.8 Å². The van der Waals surface area contributed by atoms with Gasteiger partial charge < -0.3 is 14.5 Å². The molecule has 0 unspecified atom stereocenters. The van der Waals surface area contributed by atoms with Gasteiger partial charge in [0.05, 0.1) is 23.9 Å². The highest BCUT2D eigenvalue weighted by molar-refractivity contribution is 7.09. The number of anilines is 1. The Kier molecular flexibility index (Phi) is 7.02. The molecule has 0 bridgehead atoms. The first-order valence-electron chi connectivity index (χ1n) is 10.9. The molecule has 0 N–H and O–H groups in total. The van der Waals surface area contributed by atoms with Crippen molar-refractivity contribution in [1.29, 1.82) is 0 Å². The number of carbonyl (C=O) groups is 1. The Labute approximate surface area is 183 Å². The van der Waals surface area contributed by atoms with Crippen molar-refractivity contribution in [3.05, 3.63) is 45.9 Å².